The van der Waals surface area contributed by atoms with Crippen molar-refractivity contribution in [2.24, 2.45) is 0 Å². The van der Waals surface area contributed by atoms with Gasteiger partial charge < -0.3 is 8.85 Å². The molecular formula is C16H37IO2Si2. The van der Waals surface area contributed by atoms with Crippen molar-refractivity contribution in [2.45, 2.75) is 90.3 Å². The lowest BCUT2D eigenvalue weighted by molar-refractivity contribution is 0.106. The molecule has 0 rings (SSSR count). The first-order valence-electron chi connectivity index (χ1n) is 8.02. The Morgan fingerprint density at radius 3 is 1.62 bits per heavy atom. The predicted octanol–water partition coefficient (Wildman–Crippen LogP) is 6.22. The maximum absolute atomic E-state index is 6.58. The van der Waals surface area contributed by atoms with E-state index in [1.807, 2.05) is 0 Å². The Bertz CT molecular complexity index is 317. The highest BCUT2D eigenvalue weighted by molar-refractivity contribution is 14.1. The van der Waals surface area contributed by atoms with Crippen LogP contribution in [0.15, 0.2) is 0 Å². The molecule has 21 heavy (non-hydrogen) atoms. The van der Waals surface area contributed by atoms with Gasteiger partial charge in [-0.2, -0.15) is 0 Å². The fraction of sp³-hybridized carbons (Fsp3) is 1.00. The van der Waals surface area contributed by atoms with E-state index in [1.54, 1.807) is 0 Å². The Labute approximate surface area is 149 Å². The summed E-state index contributed by atoms with van der Waals surface area (Å²) in [5, 5.41) is 0.520. The molecule has 0 aromatic rings. The Balaban J connectivity index is 4.80. The zero-order valence-corrected chi connectivity index (χ0v) is 20.1. The Morgan fingerprint density at radius 2 is 1.29 bits per heavy atom. The van der Waals surface area contributed by atoms with E-state index in [2.05, 4.69) is 90.3 Å². The number of alkyl halides is 1. The van der Waals surface area contributed by atoms with Crippen LogP contribution in [0.5, 0.6) is 0 Å². The van der Waals surface area contributed by atoms with Gasteiger partial charge in [-0.3, -0.25) is 0 Å². The maximum Gasteiger partial charge on any atom is 0.192 e. The van der Waals surface area contributed by atoms with Crippen LogP contribution in [0, 0.1) is 0 Å². The van der Waals surface area contributed by atoms with Gasteiger partial charge in [0.25, 0.3) is 0 Å². The first-order valence-corrected chi connectivity index (χ1v) is 15.4. The van der Waals surface area contributed by atoms with Crippen LogP contribution in [0.1, 0.15) is 48.0 Å². The van der Waals surface area contributed by atoms with E-state index in [9.17, 15) is 0 Å². The van der Waals surface area contributed by atoms with Gasteiger partial charge in [-0.05, 0) is 42.7 Å². The molecular weight excluding hydrogens is 407 g/mol. The van der Waals surface area contributed by atoms with E-state index in [4.69, 9.17) is 8.85 Å². The molecule has 0 N–H and O–H groups in total. The van der Waals surface area contributed by atoms with E-state index < -0.39 is 16.6 Å². The fourth-order valence-electron chi connectivity index (χ4n) is 1.41. The molecule has 1 atom stereocenters. The third-order valence-corrected chi connectivity index (χ3v) is 14.8. The summed E-state index contributed by atoms with van der Waals surface area (Å²) in [6.45, 7) is 23.8. The van der Waals surface area contributed by atoms with Gasteiger partial charge in [0.15, 0.2) is 16.6 Å². The standard InChI is InChI=1S/C16H37IO2Si2/c1-15(2,3)20(7,8)18-13-14(11-12-17)19-21(9,10)16(4,5)6/h14H,11-13H2,1-10H3/t14-/m1/s1. The predicted molar refractivity (Wildman–Crippen MR) is 109 cm³/mol. The second kappa shape index (κ2) is 7.77. The van der Waals surface area contributed by atoms with Gasteiger partial charge in [-0.15, -0.1) is 0 Å². The van der Waals surface area contributed by atoms with Crippen LogP contribution in [0.3, 0.4) is 0 Å². The molecule has 2 nitrogen and oxygen atoms in total. The van der Waals surface area contributed by atoms with Crippen LogP contribution in [-0.2, 0) is 8.85 Å². The van der Waals surface area contributed by atoms with Crippen molar-refractivity contribution >= 4 is 39.2 Å². The van der Waals surface area contributed by atoms with E-state index in [0.29, 0.717) is 0 Å². The molecule has 0 amide bonds. The summed E-state index contributed by atoms with van der Waals surface area (Å²) in [6.07, 6.45) is 1.33. The van der Waals surface area contributed by atoms with Crippen molar-refractivity contribution in [3.05, 3.63) is 0 Å². The van der Waals surface area contributed by atoms with Crippen LogP contribution in [0.2, 0.25) is 36.3 Å². The number of rotatable bonds is 7. The first kappa shape index (κ1) is 22.1. The monoisotopic (exact) mass is 444 g/mol. The SMILES string of the molecule is CC(C)(C)[Si](C)(C)OC[C@@H](CCI)O[Si](C)(C)C(C)(C)C. The number of halogens is 1. The quantitative estimate of drug-likeness (QED) is 0.264. The van der Waals surface area contributed by atoms with Gasteiger partial charge in [0, 0.05) is 4.43 Å². The lowest BCUT2D eigenvalue weighted by atomic mass is 10.2. The van der Waals surface area contributed by atoms with Crippen LogP contribution in [-0.4, -0.2) is 33.8 Å². The molecule has 0 unspecified atom stereocenters. The third kappa shape index (κ3) is 7.02. The van der Waals surface area contributed by atoms with E-state index >= 15 is 0 Å². The summed E-state index contributed by atoms with van der Waals surface area (Å²) in [5.74, 6) is 0. The summed E-state index contributed by atoms with van der Waals surface area (Å²) < 4.78 is 14.1. The summed E-state index contributed by atoms with van der Waals surface area (Å²) >= 11 is 2.44. The Morgan fingerprint density at radius 1 is 0.857 bits per heavy atom. The molecule has 0 saturated carbocycles. The molecule has 0 aromatic heterocycles. The maximum atomic E-state index is 6.58. The molecule has 0 aliphatic heterocycles. The second-order valence-electron chi connectivity index (χ2n) is 9.05. The molecule has 0 aliphatic rings. The molecule has 0 saturated heterocycles. The topological polar surface area (TPSA) is 18.5 Å². The fourth-order valence-corrected chi connectivity index (χ4v) is 4.51. The highest BCUT2D eigenvalue weighted by atomic mass is 127. The number of hydrogen-bond donors (Lipinski definition) is 0. The van der Waals surface area contributed by atoms with Crippen LogP contribution < -0.4 is 0 Å². The average Bonchev–Trinajstić information content (AvgIpc) is 2.22. The van der Waals surface area contributed by atoms with Crippen molar-refractivity contribution < 1.29 is 8.85 Å². The summed E-state index contributed by atoms with van der Waals surface area (Å²) in [7, 11) is -3.40. The molecule has 0 spiro atoms. The van der Waals surface area contributed by atoms with Crippen molar-refractivity contribution in [3.63, 3.8) is 0 Å². The van der Waals surface area contributed by atoms with E-state index in [0.717, 1.165) is 17.5 Å². The highest BCUT2D eigenvalue weighted by Gasteiger charge is 2.41. The number of hydrogen-bond acceptors (Lipinski definition) is 2. The van der Waals surface area contributed by atoms with Gasteiger partial charge in [-0.25, -0.2) is 0 Å². The lowest BCUT2D eigenvalue weighted by Crippen LogP contribution is -2.48. The first-order chi connectivity index (χ1) is 9.14. The lowest BCUT2D eigenvalue weighted by Gasteiger charge is -2.41. The van der Waals surface area contributed by atoms with Crippen molar-refractivity contribution in [2.75, 3.05) is 11.0 Å². The van der Waals surface area contributed by atoms with Crippen molar-refractivity contribution in [3.8, 4) is 0 Å². The Kier molecular flexibility index (Phi) is 8.17. The summed E-state index contributed by atoms with van der Waals surface area (Å²) in [6, 6.07) is 0. The minimum absolute atomic E-state index is 0.247. The molecule has 128 valence electrons. The molecule has 5 heteroatoms. The molecule has 0 radical (unpaired) electrons. The van der Waals surface area contributed by atoms with Gasteiger partial charge in [-0.1, -0.05) is 64.1 Å². The third-order valence-electron chi connectivity index (χ3n) is 5.13. The van der Waals surface area contributed by atoms with Crippen LogP contribution in [0.4, 0.5) is 0 Å². The Hall–Kier alpha value is 1.08. The zero-order valence-electron chi connectivity index (χ0n) is 15.9. The molecule has 0 fully saturated rings. The molecule has 0 bridgehead atoms. The van der Waals surface area contributed by atoms with Gasteiger partial charge in [0.2, 0.25) is 0 Å². The van der Waals surface area contributed by atoms with Crippen molar-refractivity contribution in [1.82, 2.24) is 0 Å². The smallest absolute Gasteiger partial charge is 0.192 e. The normalized spacial score (nSPS) is 16.1. The highest BCUT2D eigenvalue weighted by Crippen LogP contribution is 2.39. The summed E-state index contributed by atoms with van der Waals surface area (Å²) in [4.78, 5) is 0. The molecule has 0 aromatic carbocycles. The largest absolute Gasteiger partial charge is 0.414 e. The zero-order chi connectivity index (χ0) is 17.1. The van der Waals surface area contributed by atoms with Crippen LogP contribution in [0.25, 0.3) is 0 Å². The van der Waals surface area contributed by atoms with Crippen LogP contribution >= 0.6 is 22.6 Å². The van der Waals surface area contributed by atoms with Crippen molar-refractivity contribution in [1.29, 1.82) is 0 Å². The summed E-state index contributed by atoms with van der Waals surface area (Å²) in [5.41, 5.74) is 0. The van der Waals surface area contributed by atoms with Gasteiger partial charge >= 0.3 is 0 Å². The van der Waals surface area contributed by atoms with E-state index in [1.165, 1.54) is 0 Å². The second-order valence-corrected chi connectivity index (χ2v) is 19.7. The minimum atomic E-state index is -1.72. The van der Waals surface area contributed by atoms with Gasteiger partial charge in [0.1, 0.15) is 0 Å². The molecule has 0 heterocycles. The molecule has 0 aliphatic carbocycles. The van der Waals surface area contributed by atoms with Gasteiger partial charge in [0.05, 0.1) is 12.7 Å². The van der Waals surface area contributed by atoms with E-state index in [-0.39, 0.29) is 16.2 Å². The average molecular weight is 445 g/mol. The minimum Gasteiger partial charge on any atom is -0.414 e.